The van der Waals surface area contributed by atoms with Crippen molar-refractivity contribution in [2.24, 2.45) is 0 Å². The largest absolute Gasteiger partial charge is 0.396 e. The second-order valence-corrected chi connectivity index (χ2v) is 5.77. The van der Waals surface area contributed by atoms with Crippen LogP contribution in [0.3, 0.4) is 0 Å². The van der Waals surface area contributed by atoms with Crippen molar-refractivity contribution >= 4 is 15.7 Å². The third-order valence-electron chi connectivity index (χ3n) is 2.60. The van der Waals surface area contributed by atoms with Gasteiger partial charge in [-0.15, -0.1) is 0 Å². The predicted octanol–water partition coefficient (Wildman–Crippen LogP) is 1.17. The highest BCUT2D eigenvalue weighted by molar-refractivity contribution is 7.89. The Morgan fingerprint density at radius 3 is 2.56 bits per heavy atom. The van der Waals surface area contributed by atoms with Crippen molar-refractivity contribution in [2.45, 2.75) is 24.2 Å². The summed E-state index contributed by atoms with van der Waals surface area (Å²) in [5.74, 6) is 0. The van der Waals surface area contributed by atoms with Crippen LogP contribution in [0.25, 0.3) is 0 Å². The SMILES string of the molecule is CNS(=O)(=O)c1ccccc1NCCCCCO. The number of unbranched alkanes of at least 4 members (excludes halogenated alkanes) is 2. The molecule has 1 rings (SSSR count). The molecule has 0 saturated heterocycles. The van der Waals surface area contributed by atoms with E-state index in [1.165, 1.54) is 7.05 Å². The molecule has 0 fully saturated rings. The van der Waals surface area contributed by atoms with E-state index in [0.717, 1.165) is 19.3 Å². The van der Waals surface area contributed by atoms with Crippen molar-refractivity contribution in [1.82, 2.24) is 4.72 Å². The quantitative estimate of drug-likeness (QED) is 0.621. The van der Waals surface area contributed by atoms with Gasteiger partial charge in [-0.3, -0.25) is 0 Å². The molecule has 18 heavy (non-hydrogen) atoms. The van der Waals surface area contributed by atoms with E-state index < -0.39 is 10.0 Å². The summed E-state index contributed by atoms with van der Waals surface area (Å²) in [5, 5.41) is 11.8. The molecule has 0 unspecified atom stereocenters. The second kappa shape index (κ2) is 7.35. The number of aliphatic hydroxyl groups excluding tert-OH is 1. The van der Waals surface area contributed by atoms with Gasteiger partial charge in [-0.2, -0.15) is 0 Å². The lowest BCUT2D eigenvalue weighted by atomic mass is 10.2. The van der Waals surface area contributed by atoms with Crippen LogP contribution >= 0.6 is 0 Å². The Balaban J connectivity index is 2.66. The summed E-state index contributed by atoms with van der Waals surface area (Å²) in [6, 6.07) is 6.81. The zero-order valence-electron chi connectivity index (χ0n) is 10.5. The maximum absolute atomic E-state index is 11.8. The van der Waals surface area contributed by atoms with E-state index in [0.29, 0.717) is 12.2 Å². The number of benzene rings is 1. The number of sulfonamides is 1. The fraction of sp³-hybridized carbons (Fsp3) is 0.500. The van der Waals surface area contributed by atoms with Crippen LogP contribution in [0.4, 0.5) is 5.69 Å². The first-order chi connectivity index (χ1) is 8.61. The molecular weight excluding hydrogens is 252 g/mol. The minimum atomic E-state index is -3.43. The van der Waals surface area contributed by atoms with Gasteiger partial charge in [0, 0.05) is 13.2 Å². The van der Waals surface area contributed by atoms with Crippen LogP contribution in [0.2, 0.25) is 0 Å². The molecule has 5 nitrogen and oxygen atoms in total. The fourth-order valence-corrected chi connectivity index (χ4v) is 2.50. The lowest BCUT2D eigenvalue weighted by Crippen LogP contribution is -2.20. The smallest absolute Gasteiger partial charge is 0.242 e. The van der Waals surface area contributed by atoms with Gasteiger partial charge >= 0.3 is 0 Å². The van der Waals surface area contributed by atoms with Gasteiger partial charge in [0.2, 0.25) is 10.0 Å². The molecule has 6 heteroatoms. The zero-order valence-corrected chi connectivity index (χ0v) is 11.3. The van der Waals surface area contributed by atoms with Crippen LogP contribution in [-0.4, -0.2) is 33.7 Å². The lowest BCUT2D eigenvalue weighted by molar-refractivity contribution is 0.283. The van der Waals surface area contributed by atoms with E-state index in [-0.39, 0.29) is 11.5 Å². The molecule has 0 aromatic heterocycles. The summed E-state index contributed by atoms with van der Waals surface area (Å²) in [6.07, 6.45) is 2.59. The number of hydrogen-bond acceptors (Lipinski definition) is 4. The predicted molar refractivity (Wildman–Crippen MR) is 72.1 cm³/mol. The molecule has 0 spiro atoms. The molecular formula is C12H20N2O3S. The fourth-order valence-electron chi connectivity index (χ4n) is 1.59. The van der Waals surface area contributed by atoms with Crippen LogP contribution in [-0.2, 0) is 10.0 Å². The van der Waals surface area contributed by atoms with Crippen molar-refractivity contribution in [2.75, 3.05) is 25.5 Å². The van der Waals surface area contributed by atoms with Crippen LogP contribution in [0.1, 0.15) is 19.3 Å². The molecule has 0 aliphatic rings. The van der Waals surface area contributed by atoms with E-state index >= 15 is 0 Å². The Morgan fingerprint density at radius 1 is 1.17 bits per heavy atom. The first kappa shape index (κ1) is 14.9. The molecule has 0 amide bonds. The van der Waals surface area contributed by atoms with Crippen LogP contribution in [0.15, 0.2) is 29.2 Å². The maximum Gasteiger partial charge on any atom is 0.242 e. The van der Waals surface area contributed by atoms with Gasteiger partial charge in [0.25, 0.3) is 0 Å². The molecule has 1 aromatic rings. The van der Waals surface area contributed by atoms with Crippen LogP contribution in [0, 0.1) is 0 Å². The Kier molecular flexibility index (Phi) is 6.11. The summed E-state index contributed by atoms with van der Waals surface area (Å²) < 4.78 is 25.9. The number of rotatable bonds is 8. The van der Waals surface area contributed by atoms with Gasteiger partial charge in [0.1, 0.15) is 4.90 Å². The monoisotopic (exact) mass is 272 g/mol. The van der Waals surface area contributed by atoms with Crippen LogP contribution < -0.4 is 10.0 Å². The van der Waals surface area contributed by atoms with Crippen molar-refractivity contribution in [3.63, 3.8) is 0 Å². The third-order valence-corrected chi connectivity index (χ3v) is 4.07. The first-order valence-corrected chi connectivity index (χ1v) is 7.47. The number of anilines is 1. The van der Waals surface area contributed by atoms with Crippen molar-refractivity contribution in [1.29, 1.82) is 0 Å². The van der Waals surface area contributed by atoms with E-state index in [2.05, 4.69) is 10.0 Å². The highest BCUT2D eigenvalue weighted by atomic mass is 32.2. The van der Waals surface area contributed by atoms with Gasteiger partial charge in [0.15, 0.2) is 0 Å². The van der Waals surface area contributed by atoms with Gasteiger partial charge in [-0.25, -0.2) is 13.1 Å². The van der Waals surface area contributed by atoms with Gasteiger partial charge in [-0.05, 0) is 38.4 Å². The Morgan fingerprint density at radius 2 is 1.89 bits per heavy atom. The average Bonchev–Trinajstić information content (AvgIpc) is 2.39. The number of nitrogens with one attached hydrogen (secondary N) is 2. The molecule has 3 N–H and O–H groups in total. The Hall–Kier alpha value is -1.11. The molecule has 0 heterocycles. The average molecular weight is 272 g/mol. The molecule has 0 radical (unpaired) electrons. The van der Waals surface area contributed by atoms with Crippen molar-refractivity contribution in [3.05, 3.63) is 24.3 Å². The summed E-state index contributed by atoms with van der Waals surface area (Å²) in [6.45, 7) is 0.890. The minimum Gasteiger partial charge on any atom is -0.396 e. The van der Waals surface area contributed by atoms with Gasteiger partial charge in [0.05, 0.1) is 5.69 Å². The molecule has 0 aliphatic carbocycles. The standard InChI is InChI=1S/C12H20N2O3S/c1-13-18(16,17)12-8-4-3-7-11(12)14-9-5-2-6-10-15/h3-4,7-8,13-15H,2,5-6,9-10H2,1H3. The van der Waals surface area contributed by atoms with Crippen molar-refractivity contribution in [3.8, 4) is 0 Å². The molecule has 0 bridgehead atoms. The topological polar surface area (TPSA) is 78.4 Å². The second-order valence-electron chi connectivity index (χ2n) is 3.91. The molecule has 0 saturated carbocycles. The van der Waals surface area contributed by atoms with E-state index in [1.54, 1.807) is 24.3 Å². The molecule has 102 valence electrons. The number of hydrogen-bond donors (Lipinski definition) is 3. The Bertz CT molecular complexity index is 460. The normalized spacial score (nSPS) is 11.4. The van der Waals surface area contributed by atoms with E-state index in [1.807, 2.05) is 0 Å². The first-order valence-electron chi connectivity index (χ1n) is 5.99. The summed E-state index contributed by atoms with van der Waals surface area (Å²) in [4.78, 5) is 0.259. The maximum atomic E-state index is 11.8. The highest BCUT2D eigenvalue weighted by Crippen LogP contribution is 2.20. The van der Waals surface area contributed by atoms with Gasteiger partial charge < -0.3 is 10.4 Å². The summed E-state index contributed by atoms with van der Waals surface area (Å²) >= 11 is 0. The number of aliphatic hydroxyl groups is 1. The summed E-state index contributed by atoms with van der Waals surface area (Å²) in [5.41, 5.74) is 0.607. The van der Waals surface area contributed by atoms with E-state index in [4.69, 9.17) is 5.11 Å². The lowest BCUT2D eigenvalue weighted by Gasteiger charge is -2.11. The summed E-state index contributed by atoms with van der Waals surface area (Å²) in [7, 11) is -2.03. The molecule has 0 aliphatic heterocycles. The van der Waals surface area contributed by atoms with Crippen LogP contribution in [0.5, 0.6) is 0 Å². The minimum absolute atomic E-state index is 0.199. The number of para-hydroxylation sites is 1. The van der Waals surface area contributed by atoms with Gasteiger partial charge in [-0.1, -0.05) is 12.1 Å². The highest BCUT2D eigenvalue weighted by Gasteiger charge is 2.15. The Labute approximate surface area is 108 Å². The molecule has 1 aromatic carbocycles. The molecule has 0 atom stereocenters. The third kappa shape index (κ3) is 4.29. The zero-order chi connectivity index (χ0) is 13.4. The van der Waals surface area contributed by atoms with Crippen molar-refractivity contribution < 1.29 is 13.5 Å². The van der Waals surface area contributed by atoms with E-state index in [9.17, 15) is 8.42 Å².